The Morgan fingerprint density at radius 2 is 2.05 bits per heavy atom. The van der Waals surface area contributed by atoms with E-state index in [2.05, 4.69) is 39.7 Å². The molecule has 0 spiro atoms. The van der Waals surface area contributed by atoms with Crippen LogP contribution in [0, 0.1) is 17.7 Å². The number of ether oxygens (including phenoxy) is 1. The summed E-state index contributed by atoms with van der Waals surface area (Å²) >= 11 is 3.07. The van der Waals surface area contributed by atoms with Gasteiger partial charge in [-0.15, -0.1) is 0 Å². The number of esters is 1. The molecular formula is C16H18BrFO3. The third kappa shape index (κ3) is 5.42. The van der Waals surface area contributed by atoms with Gasteiger partial charge in [-0.2, -0.15) is 0 Å². The second-order valence-electron chi connectivity index (χ2n) is 4.83. The van der Waals surface area contributed by atoms with Crippen LogP contribution in [-0.2, 0) is 9.53 Å². The van der Waals surface area contributed by atoms with Crippen molar-refractivity contribution in [2.75, 3.05) is 7.11 Å². The van der Waals surface area contributed by atoms with Crippen molar-refractivity contribution in [2.24, 2.45) is 11.8 Å². The van der Waals surface area contributed by atoms with E-state index < -0.39 is 5.82 Å². The molecule has 2 atom stereocenters. The molecule has 0 aliphatic heterocycles. The van der Waals surface area contributed by atoms with E-state index in [1.807, 2.05) is 0 Å². The molecule has 2 rings (SSSR count). The molecule has 3 nitrogen and oxygen atoms in total. The Hall–Kier alpha value is -1.49. The van der Waals surface area contributed by atoms with E-state index in [0.29, 0.717) is 16.7 Å². The number of aldehydes is 1. The number of allylic oxidation sites excluding steroid dienone is 2. The summed E-state index contributed by atoms with van der Waals surface area (Å²) in [5, 5.41) is 0. The summed E-state index contributed by atoms with van der Waals surface area (Å²) in [5.41, 5.74) is 0.0863. The maximum absolute atomic E-state index is 12.6. The lowest BCUT2D eigenvalue weighted by atomic mass is 9.84. The largest absolute Gasteiger partial charge is 0.469 e. The van der Waals surface area contributed by atoms with Gasteiger partial charge < -0.3 is 4.74 Å². The SMILES string of the molecule is COC(=O)C1CC=CCC1C.O=Cc1ccc(Br)cc1F. The van der Waals surface area contributed by atoms with Gasteiger partial charge in [0.25, 0.3) is 0 Å². The molecule has 0 fully saturated rings. The highest BCUT2D eigenvalue weighted by atomic mass is 79.9. The minimum atomic E-state index is -0.496. The molecule has 0 amide bonds. The van der Waals surface area contributed by atoms with E-state index >= 15 is 0 Å². The Kier molecular flexibility index (Phi) is 7.29. The lowest BCUT2D eigenvalue weighted by Gasteiger charge is -2.22. The summed E-state index contributed by atoms with van der Waals surface area (Å²) in [6, 6.07) is 4.29. The highest BCUT2D eigenvalue weighted by Gasteiger charge is 2.25. The number of hydrogen-bond acceptors (Lipinski definition) is 3. The van der Waals surface area contributed by atoms with Crippen LogP contribution in [0.15, 0.2) is 34.8 Å². The van der Waals surface area contributed by atoms with Gasteiger partial charge in [-0.1, -0.05) is 35.0 Å². The highest BCUT2D eigenvalue weighted by Crippen LogP contribution is 2.25. The number of methoxy groups -OCH3 is 1. The Morgan fingerprint density at radius 1 is 1.38 bits per heavy atom. The van der Waals surface area contributed by atoms with Crippen LogP contribution in [-0.4, -0.2) is 19.4 Å². The van der Waals surface area contributed by atoms with Gasteiger partial charge in [0.2, 0.25) is 0 Å². The van der Waals surface area contributed by atoms with E-state index in [1.54, 1.807) is 6.07 Å². The average Bonchev–Trinajstić information content (AvgIpc) is 2.48. The molecule has 0 saturated heterocycles. The van der Waals surface area contributed by atoms with Gasteiger partial charge in [0.15, 0.2) is 6.29 Å². The van der Waals surface area contributed by atoms with Crippen molar-refractivity contribution >= 4 is 28.2 Å². The molecule has 0 bridgehead atoms. The zero-order valence-electron chi connectivity index (χ0n) is 12.0. The van der Waals surface area contributed by atoms with E-state index in [1.165, 1.54) is 19.2 Å². The van der Waals surface area contributed by atoms with E-state index in [4.69, 9.17) is 0 Å². The Morgan fingerprint density at radius 3 is 2.57 bits per heavy atom. The number of rotatable bonds is 2. The topological polar surface area (TPSA) is 43.4 Å². The summed E-state index contributed by atoms with van der Waals surface area (Å²) in [7, 11) is 1.45. The van der Waals surface area contributed by atoms with Crippen LogP contribution in [0.5, 0.6) is 0 Å². The normalized spacial score (nSPS) is 20.2. The van der Waals surface area contributed by atoms with Gasteiger partial charge in [0.05, 0.1) is 18.6 Å². The fourth-order valence-electron chi connectivity index (χ4n) is 2.03. The monoisotopic (exact) mass is 356 g/mol. The molecule has 0 saturated carbocycles. The number of benzene rings is 1. The molecule has 2 unspecified atom stereocenters. The number of carbonyl (C=O) groups excluding carboxylic acids is 2. The van der Waals surface area contributed by atoms with Crippen LogP contribution in [0.2, 0.25) is 0 Å². The molecule has 0 radical (unpaired) electrons. The van der Waals surface area contributed by atoms with Crippen LogP contribution in [0.1, 0.15) is 30.1 Å². The smallest absolute Gasteiger partial charge is 0.309 e. The van der Waals surface area contributed by atoms with Gasteiger partial charge in [-0.25, -0.2) is 4.39 Å². The quantitative estimate of drug-likeness (QED) is 0.453. The molecule has 0 aromatic heterocycles. The second kappa shape index (κ2) is 8.72. The van der Waals surface area contributed by atoms with E-state index in [-0.39, 0.29) is 17.5 Å². The number of halogens is 2. The molecular weight excluding hydrogens is 339 g/mol. The first-order valence-corrected chi connectivity index (χ1v) is 7.42. The molecule has 5 heteroatoms. The Bertz CT molecular complexity index is 528. The Balaban J connectivity index is 0.000000211. The zero-order valence-corrected chi connectivity index (χ0v) is 13.6. The van der Waals surface area contributed by atoms with Crippen molar-refractivity contribution in [2.45, 2.75) is 19.8 Å². The predicted octanol–water partition coefficient (Wildman–Crippen LogP) is 4.16. The van der Waals surface area contributed by atoms with E-state index in [0.717, 1.165) is 12.8 Å². The lowest BCUT2D eigenvalue weighted by Crippen LogP contribution is -2.24. The van der Waals surface area contributed by atoms with Crippen LogP contribution in [0.3, 0.4) is 0 Å². The maximum atomic E-state index is 12.6. The molecule has 0 heterocycles. The third-order valence-electron chi connectivity index (χ3n) is 3.34. The van der Waals surface area contributed by atoms with Gasteiger partial charge >= 0.3 is 5.97 Å². The zero-order chi connectivity index (χ0) is 15.8. The molecule has 0 N–H and O–H groups in total. The minimum absolute atomic E-state index is 0.0677. The van der Waals surface area contributed by atoms with Crippen molar-refractivity contribution < 1.29 is 18.7 Å². The summed E-state index contributed by atoms with van der Waals surface area (Å²) in [4.78, 5) is 21.2. The van der Waals surface area contributed by atoms with Crippen molar-refractivity contribution in [3.63, 3.8) is 0 Å². The fraction of sp³-hybridized carbons (Fsp3) is 0.375. The van der Waals surface area contributed by atoms with Crippen LogP contribution in [0.4, 0.5) is 4.39 Å². The molecule has 21 heavy (non-hydrogen) atoms. The van der Waals surface area contributed by atoms with Gasteiger partial charge in [-0.05, 0) is 37.0 Å². The lowest BCUT2D eigenvalue weighted by molar-refractivity contribution is -0.147. The summed E-state index contributed by atoms with van der Waals surface area (Å²) in [6.07, 6.45) is 6.51. The molecule has 1 aromatic rings. The van der Waals surface area contributed by atoms with Crippen molar-refractivity contribution in [3.05, 3.63) is 46.2 Å². The first kappa shape index (κ1) is 17.6. The minimum Gasteiger partial charge on any atom is -0.469 e. The summed E-state index contributed by atoms with van der Waals surface area (Å²) < 4.78 is 17.9. The predicted molar refractivity (Wildman–Crippen MR) is 82.5 cm³/mol. The molecule has 1 aliphatic carbocycles. The Labute approximate surface area is 132 Å². The number of hydrogen-bond donors (Lipinski definition) is 0. The fourth-order valence-corrected chi connectivity index (χ4v) is 2.36. The average molecular weight is 357 g/mol. The van der Waals surface area contributed by atoms with E-state index in [9.17, 15) is 14.0 Å². The van der Waals surface area contributed by atoms with Crippen LogP contribution < -0.4 is 0 Å². The summed E-state index contributed by atoms with van der Waals surface area (Å²) in [5.74, 6) is -0.0383. The summed E-state index contributed by atoms with van der Waals surface area (Å²) in [6.45, 7) is 2.09. The van der Waals surface area contributed by atoms with Crippen molar-refractivity contribution in [1.82, 2.24) is 0 Å². The number of carbonyl (C=O) groups is 2. The van der Waals surface area contributed by atoms with Crippen LogP contribution >= 0.6 is 15.9 Å². The van der Waals surface area contributed by atoms with Gasteiger partial charge in [0.1, 0.15) is 5.82 Å². The third-order valence-corrected chi connectivity index (χ3v) is 3.84. The van der Waals surface area contributed by atoms with Crippen molar-refractivity contribution in [3.8, 4) is 0 Å². The van der Waals surface area contributed by atoms with Gasteiger partial charge in [-0.3, -0.25) is 9.59 Å². The first-order valence-electron chi connectivity index (χ1n) is 6.62. The first-order chi connectivity index (χ1) is 9.99. The molecule has 1 aliphatic rings. The molecule has 1 aromatic carbocycles. The van der Waals surface area contributed by atoms with Gasteiger partial charge in [0, 0.05) is 4.47 Å². The highest BCUT2D eigenvalue weighted by molar-refractivity contribution is 9.10. The van der Waals surface area contributed by atoms with Crippen molar-refractivity contribution in [1.29, 1.82) is 0 Å². The standard InChI is InChI=1S/C9H14O2.C7H4BrFO/c1-7-5-3-4-6-8(7)9(10)11-2;8-6-2-1-5(4-10)7(9)3-6/h3-4,7-8H,5-6H2,1-2H3;1-4H. The maximum Gasteiger partial charge on any atom is 0.309 e. The van der Waals surface area contributed by atoms with Crippen LogP contribution in [0.25, 0.3) is 0 Å². The second-order valence-corrected chi connectivity index (χ2v) is 5.75. The molecule has 114 valence electrons.